The number of pyridine rings is 1. The monoisotopic (exact) mass is 410 g/mol. The van der Waals surface area contributed by atoms with Gasteiger partial charge in [0.05, 0.1) is 35.8 Å². The number of fused-ring (bicyclic) bond motifs is 3. The van der Waals surface area contributed by atoms with Crippen LogP contribution in [0.25, 0.3) is 21.9 Å². The molecule has 0 spiro atoms. The Kier molecular flexibility index (Phi) is 5.11. The lowest BCUT2D eigenvalue weighted by Crippen LogP contribution is -2.29. The van der Waals surface area contributed by atoms with E-state index in [1.807, 2.05) is 0 Å². The SMILES string of the molecule is N#CC[C@@H]1C[C@H](n2c3c(cnc4ccc(F)cc43)nc2[C@H]2CC[C@@H](F)CC2)CCO1. The van der Waals surface area contributed by atoms with E-state index in [0.29, 0.717) is 32.3 Å². The van der Waals surface area contributed by atoms with Gasteiger partial charge in [0.1, 0.15) is 23.3 Å². The molecule has 1 aliphatic heterocycles. The summed E-state index contributed by atoms with van der Waals surface area (Å²) in [6, 6.07) is 6.95. The Hall–Kier alpha value is -2.59. The van der Waals surface area contributed by atoms with Crippen molar-refractivity contribution in [2.24, 2.45) is 0 Å². The van der Waals surface area contributed by atoms with Gasteiger partial charge in [-0.2, -0.15) is 5.26 Å². The van der Waals surface area contributed by atoms with Crippen LogP contribution in [0.5, 0.6) is 0 Å². The molecule has 2 aliphatic rings. The van der Waals surface area contributed by atoms with Crippen LogP contribution in [0, 0.1) is 17.1 Å². The largest absolute Gasteiger partial charge is 0.377 e. The lowest BCUT2D eigenvalue weighted by atomic mass is 9.87. The van der Waals surface area contributed by atoms with E-state index in [9.17, 15) is 8.78 Å². The van der Waals surface area contributed by atoms with Gasteiger partial charge < -0.3 is 9.30 Å². The molecule has 3 heterocycles. The summed E-state index contributed by atoms with van der Waals surface area (Å²) in [5.41, 5.74) is 2.36. The summed E-state index contributed by atoms with van der Waals surface area (Å²) < 4.78 is 36.0. The molecule has 0 unspecified atom stereocenters. The fourth-order valence-corrected chi connectivity index (χ4v) is 5.07. The molecule has 0 radical (unpaired) electrons. The van der Waals surface area contributed by atoms with Gasteiger partial charge in [0.2, 0.25) is 0 Å². The zero-order valence-corrected chi connectivity index (χ0v) is 16.7. The topological polar surface area (TPSA) is 63.7 Å². The Morgan fingerprint density at radius 3 is 2.80 bits per heavy atom. The first kappa shape index (κ1) is 19.4. The van der Waals surface area contributed by atoms with Gasteiger partial charge in [-0.25, -0.2) is 13.8 Å². The Labute approximate surface area is 173 Å². The van der Waals surface area contributed by atoms with Crippen molar-refractivity contribution in [3.05, 3.63) is 36.0 Å². The molecule has 2 aromatic heterocycles. The highest BCUT2D eigenvalue weighted by Crippen LogP contribution is 2.40. The van der Waals surface area contributed by atoms with Crippen LogP contribution in [0.3, 0.4) is 0 Å². The van der Waals surface area contributed by atoms with Crippen molar-refractivity contribution >= 4 is 21.9 Å². The van der Waals surface area contributed by atoms with Crippen LogP contribution in [0.4, 0.5) is 8.78 Å². The normalized spacial score (nSPS) is 27.4. The number of rotatable bonds is 3. The number of halogens is 2. The molecule has 5 nitrogen and oxygen atoms in total. The number of hydrogen-bond donors (Lipinski definition) is 0. The minimum absolute atomic E-state index is 0.106. The fraction of sp³-hybridized carbons (Fsp3) is 0.522. The average molecular weight is 410 g/mol. The van der Waals surface area contributed by atoms with Crippen LogP contribution in [-0.2, 0) is 4.74 Å². The Morgan fingerprint density at radius 2 is 2.00 bits per heavy atom. The van der Waals surface area contributed by atoms with E-state index >= 15 is 0 Å². The molecule has 156 valence electrons. The lowest BCUT2D eigenvalue weighted by molar-refractivity contribution is -0.00238. The van der Waals surface area contributed by atoms with Crippen LogP contribution in [0.1, 0.15) is 62.7 Å². The number of benzene rings is 1. The molecule has 5 rings (SSSR count). The van der Waals surface area contributed by atoms with Gasteiger partial charge in [0.25, 0.3) is 0 Å². The molecule has 7 heteroatoms. The summed E-state index contributed by atoms with van der Waals surface area (Å²) in [5.74, 6) is 0.807. The predicted octanol–water partition coefficient (Wildman–Crippen LogP) is 5.35. The molecule has 3 aromatic rings. The quantitative estimate of drug-likeness (QED) is 0.584. The highest BCUT2D eigenvalue weighted by atomic mass is 19.1. The van der Waals surface area contributed by atoms with Crippen LogP contribution < -0.4 is 0 Å². The van der Waals surface area contributed by atoms with Gasteiger partial charge in [0.15, 0.2) is 0 Å². The van der Waals surface area contributed by atoms with E-state index in [2.05, 4.69) is 15.6 Å². The molecule has 1 aromatic carbocycles. The maximum atomic E-state index is 14.2. The standard InChI is InChI=1S/C23H24F2N4O/c24-15-3-1-14(2-4-15)23-28-21-13-27-20-6-5-16(25)11-19(20)22(21)29(23)17-8-10-30-18(12-17)7-9-26/h5-6,11,13-15,17-18H,1-4,7-8,10,12H2/t14-,15+,17-,18-/m1/s1. The maximum Gasteiger partial charge on any atom is 0.124 e. The highest BCUT2D eigenvalue weighted by molar-refractivity contribution is 6.02. The Bertz CT molecular complexity index is 1110. The third kappa shape index (κ3) is 3.43. The van der Waals surface area contributed by atoms with E-state index in [1.165, 1.54) is 12.1 Å². The summed E-state index contributed by atoms with van der Waals surface area (Å²) in [4.78, 5) is 9.42. The van der Waals surface area contributed by atoms with Gasteiger partial charge in [-0.15, -0.1) is 0 Å². The first-order chi connectivity index (χ1) is 14.6. The molecule has 0 amide bonds. The van der Waals surface area contributed by atoms with Crippen LogP contribution in [0.15, 0.2) is 24.4 Å². The second kappa shape index (κ2) is 7.92. The third-order valence-electron chi connectivity index (χ3n) is 6.55. The van der Waals surface area contributed by atoms with E-state index < -0.39 is 6.17 Å². The number of hydrogen-bond acceptors (Lipinski definition) is 4. The van der Waals surface area contributed by atoms with Crippen LogP contribution in [0.2, 0.25) is 0 Å². The van der Waals surface area contributed by atoms with Gasteiger partial charge in [-0.05, 0) is 56.7 Å². The summed E-state index contributed by atoms with van der Waals surface area (Å²) in [6.45, 7) is 0.574. The number of nitriles is 1. The highest BCUT2D eigenvalue weighted by Gasteiger charge is 2.32. The Morgan fingerprint density at radius 1 is 1.17 bits per heavy atom. The molecule has 2 atom stereocenters. The zero-order chi connectivity index (χ0) is 20.7. The first-order valence-corrected chi connectivity index (χ1v) is 10.7. The van der Waals surface area contributed by atoms with Crippen molar-refractivity contribution < 1.29 is 13.5 Å². The van der Waals surface area contributed by atoms with E-state index in [-0.39, 0.29) is 23.9 Å². The molecular weight excluding hydrogens is 386 g/mol. The van der Waals surface area contributed by atoms with Crippen LogP contribution in [-0.4, -0.2) is 33.4 Å². The summed E-state index contributed by atoms with van der Waals surface area (Å²) in [6.07, 6.45) is 5.37. The molecule has 0 bridgehead atoms. The third-order valence-corrected chi connectivity index (χ3v) is 6.55. The van der Waals surface area contributed by atoms with Gasteiger partial charge >= 0.3 is 0 Å². The number of imidazole rings is 1. The average Bonchev–Trinajstić information content (AvgIpc) is 3.15. The van der Waals surface area contributed by atoms with Crippen molar-refractivity contribution in [2.45, 2.75) is 69.2 Å². The van der Waals surface area contributed by atoms with E-state index in [1.54, 1.807) is 12.3 Å². The lowest BCUT2D eigenvalue weighted by Gasteiger charge is -2.33. The predicted molar refractivity (Wildman–Crippen MR) is 109 cm³/mol. The molecular formula is C23H24F2N4O. The number of aromatic nitrogens is 3. The minimum atomic E-state index is -0.737. The molecule has 1 aliphatic carbocycles. The molecule has 1 saturated carbocycles. The van der Waals surface area contributed by atoms with E-state index in [4.69, 9.17) is 15.0 Å². The van der Waals surface area contributed by atoms with Gasteiger partial charge in [-0.3, -0.25) is 4.98 Å². The second-order valence-electron chi connectivity index (χ2n) is 8.48. The fourth-order valence-electron chi connectivity index (χ4n) is 5.07. The van der Waals surface area contributed by atoms with Crippen molar-refractivity contribution in [3.63, 3.8) is 0 Å². The molecule has 2 fully saturated rings. The maximum absolute atomic E-state index is 14.2. The molecule has 0 N–H and O–H groups in total. The Balaban J connectivity index is 1.69. The van der Waals surface area contributed by atoms with E-state index in [0.717, 1.165) is 47.0 Å². The second-order valence-corrected chi connectivity index (χ2v) is 8.48. The van der Waals surface area contributed by atoms with Gasteiger partial charge in [-0.1, -0.05) is 0 Å². The van der Waals surface area contributed by atoms with Crippen LogP contribution >= 0.6 is 0 Å². The van der Waals surface area contributed by atoms with Gasteiger partial charge in [0, 0.05) is 24.0 Å². The minimum Gasteiger partial charge on any atom is -0.377 e. The smallest absolute Gasteiger partial charge is 0.124 e. The van der Waals surface area contributed by atoms with Crippen molar-refractivity contribution in [3.8, 4) is 6.07 Å². The molecule has 30 heavy (non-hydrogen) atoms. The summed E-state index contributed by atoms with van der Waals surface area (Å²) >= 11 is 0. The van der Waals surface area contributed by atoms with Crippen molar-refractivity contribution in [1.82, 2.24) is 14.5 Å². The summed E-state index contributed by atoms with van der Waals surface area (Å²) in [7, 11) is 0. The number of nitrogens with zero attached hydrogens (tertiary/aromatic N) is 4. The summed E-state index contributed by atoms with van der Waals surface area (Å²) in [5, 5.41) is 9.87. The van der Waals surface area contributed by atoms with Crippen molar-refractivity contribution in [1.29, 1.82) is 5.26 Å². The van der Waals surface area contributed by atoms with Crippen molar-refractivity contribution in [2.75, 3.05) is 6.61 Å². The first-order valence-electron chi connectivity index (χ1n) is 10.7. The zero-order valence-electron chi connectivity index (χ0n) is 16.7. The number of ether oxygens (including phenoxy) is 1. The number of alkyl halides is 1. The molecule has 1 saturated heterocycles.